The molecule has 4 nitrogen and oxygen atoms in total. The summed E-state index contributed by atoms with van der Waals surface area (Å²) in [5, 5.41) is 0. The monoisotopic (exact) mass is 384 g/mol. The van der Waals surface area contributed by atoms with Crippen molar-refractivity contribution in [3.8, 4) is 11.4 Å². The maximum absolute atomic E-state index is 5.05. The van der Waals surface area contributed by atoms with Crippen molar-refractivity contribution in [3.63, 3.8) is 0 Å². The van der Waals surface area contributed by atoms with Crippen LogP contribution < -0.4 is 4.90 Å². The van der Waals surface area contributed by atoms with Gasteiger partial charge >= 0.3 is 0 Å². The minimum absolute atomic E-state index is 0.882. The predicted molar refractivity (Wildman–Crippen MR) is 118 cm³/mol. The summed E-state index contributed by atoms with van der Waals surface area (Å²) in [5.41, 5.74) is 5.20. The average molecular weight is 385 g/mol. The second-order valence-electron chi connectivity index (χ2n) is 8.08. The van der Waals surface area contributed by atoms with Gasteiger partial charge in [0.25, 0.3) is 0 Å². The molecule has 0 N–H and O–H groups in total. The highest BCUT2D eigenvalue weighted by Crippen LogP contribution is 2.31. The Kier molecular flexibility index (Phi) is 5.27. The highest BCUT2D eigenvalue weighted by atomic mass is 15.3. The maximum atomic E-state index is 5.05. The second kappa shape index (κ2) is 8.34. The lowest BCUT2D eigenvalue weighted by molar-refractivity contribution is 0.260. The number of fused-ring (bicyclic) bond motifs is 1. The maximum Gasteiger partial charge on any atom is 0.161 e. The first kappa shape index (κ1) is 18.3. The van der Waals surface area contributed by atoms with E-state index in [0.717, 1.165) is 63.4 Å². The van der Waals surface area contributed by atoms with Crippen molar-refractivity contribution < 1.29 is 0 Å². The van der Waals surface area contributed by atoms with Gasteiger partial charge in [-0.2, -0.15) is 0 Å². The van der Waals surface area contributed by atoms with Gasteiger partial charge in [0, 0.05) is 49.5 Å². The van der Waals surface area contributed by atoms with Crippen LogP contribution in [0.1, 0.15) is 23.2 Å². The molecule has 29 heavy (non-hydrogen) atoms. The minimum atomic E-state index is 0.882. The SMILES string of the molecule is c1ccc(CCN2CCN(c3nc(-c4ccccc4)nc4c3CCC4)CC2)cc1. The van der Waals surface area contributed by atoms with Gasteiger partial charge in [-0.05, 0) is 31.2 Å². The smallest absolute Gasteiger partial charge is 0.161 e. The van der Waals surface area contributed by atoms with Crippen molar-refractivity contribution in [3.05, 3.63) is 77.5 Å². The number of nitrogens with zero attached hydrogens (tertiary/aromatic N) is 4. The Morgan fingerprint density at radius 1 is 0.759 bits per heavy atom. The lowest BCUT2D eigenvalue weighted by atomic mass is 10.1. The molecule has 3 aromatic rings. The zero-order valence-electron chi connectivity index (χ0n) is 16.9. The summed E-state index contributed by atoms with van der Waals surface area (Å²) < 4.78 is 0. The van der Waals surface area contributed by atoms with E-state index in [9.17, 15) is 0 Å². The molecule has 0 atom stereocenters. The van der Waals surface area contributed by atoms with Gasteiger partial charge in [-0.15, -0.1) is 0 Å². The van der Waals surface area contributed by atoms with Crippen LogP contribution in [0.5, 0.6) is 0 Å². The van der Waals surface area contributed by atoms with Crippen LogP contribution in [0, 0.1) is 0 Å². The van der Waals surface area contributed by atoms with Crippen molar-refractivity contribution in [2.45, 2.75) is 25.7 Å². The number of aryl methyl sites for hydroxylation is 1. The van der Waals surface area contributed by atoms with Crippen LogP contribution in [0.25, 0.3) is 11.4 Å². The molecule has 148 valence electrons. The molecular formula is C25H28N4. The van der Waals surface area contributed by atoms with Crippen molar-refractivity contribution in [1.82, 2.24) is 14.9 Å². The van der Waals surface area contributed by atoms with E-state index < -0.39 is 0 Å². The normalized spacial score (nSPS) is 16.8. The Bertz CT molecular complexity index is 947. The number of anilines is 1. The first-order valence-electron chi connectivity index (χ1n) is 10.8. The fraction of sp³-hybridized carbons (Fsp3) is 0.360. The molecule has 0 saturated carbocycles. The Hall–Kier alpha value is -2.72. The number of aromatic nitrogens is 2. The van der Waals surface area contributed by atoms with Gasteiger partial charge in [-0.25, -0.2) is 9.97 Å². The fourth-order valence-electron chi connectivity index (χ4n) is 4.51. The summed E-state index contributed by atoms with van der Waals surface area (Å²) in [7, 11) is 0. The molecule has 1 aliphatic heterocycles. The quantitative estimate of drug-likeness (QED) is 0.666. The fourth-order valence-corrected chi connectivity index (χ4v) is 4.51. The summed E-state index contributed by atoms with van der Waals surface area (Å²) in [6.07, 6.45) is 4.53. The molecule has 5 rings (SSSR count). The molecule has 0 spiro atoms. The molecule has 1 aromatic heterocycles. The summed E-state index contributed by atoms with van der Waals surface area (Å²) in [6.45, 7) is 5.44. The number of piperazine rings is 1. The molecule has 0 amide bonds. The topological polar surface area (TPSA) is 32.3 Å². The zero-order valence-corrected chi connectivity index (χ0v) is 16.9. The highest BCUT2D eigenvalue weighted by molar-refractivity contribution is 5.61. The number of benzene rings is 2. The number of hydrogen-bond acceptors (Lipinski definition) is 4. The predicted octanol–water partition coefficient (Wildman–Crippen LogP) is 4.00. The third kappa shape index (κ3) is 4.03. The van der Waals surface area contributed by atoms with Crippen LogP contribution >= 0.6 is 0 Å². The lowest BCUT2D eigenvalue weighted by Crippen LogP contribution is -2.47. The first-order chi connectivity index (χ1) is 14.4. The van der Waals surface area contributed by atoms with E-state index in [0.29, 0.717) is 0 Å². The molecule has 1 saturated heterocycles. The summed E-state index contributed by atoms with van der Waals surface area (Å²) in [6, 6.07) is 21.2. The highest BCUT2D eigenvalue weighted by Gasteiger charge is 2.26. The van der Waals surface area contributed by atoms with Gasteiger partial charge in [-0.3, -0.25) is 4.90 Å². The molecule has 2 aliphatic rings. The first-order valence-corrected chi connectivity index (χ1v) is 10.8. The van der Waals surface area contributed by atoms with Gasteiger partial charge in [0.05, 0.1) is 0 Å². The van der Waals surface area contributed by atoms with E-state index in [-0.39, 0.29) is 0 Å². The zero-order chi connectivity index (χ0) is 19.5. The molecule has 0 bridgehead atoms. The van der Waals surface area contributed by atoms with Gasteiger partial charge < -0.3 is 4.90 Å². The molecule has 2 heterocycles. The Morgan fingerprint density at radius 2 is 1.48 bits per heavy atom. The van der Waals surface area contributed by atoms with Crippen LogP contribution in [0.4, 0.5) is 5.82 Å². The largest absolute Gasteiger partial charge is 0.354 e. The van der Waals surface area contributed by atoms with Crippen molar-refractivity contribution >= 4 is 5.82 Å². The van der Waals surface area contributed by atoms with Gasteiger partial charge in [-0.1, -0.05) is 60.7 Å². The van der Waals surface area contributed by atoms with E-state index in [2.05, 4.69) is 64.4 Å². The van der Waals surface area contributed by atoms with Crippen LogP contribution in [0.15, 0.2) is 60.7 Å². The standard InChI is InChI=1S/C25H28N4/c1-3-8-20(9-4-1)14-15-28-16-18-29(19-17-28)25-22-12-7-13-23(22)26-24(27-25)21-10-5-2-6-11-21/h1-6,8-11H,7,12-19H2. The van der Waals surface area contributed by atoms with Crippen LogP contribution in [0.2, 0.25) is 0 Å². The molecular weight excluding hydrogens is 356 g/mol. The molecule has 0 unspecified atom stereocenters. The second-order valence-corrected chi connectivity index (χ2v) is 8.08. The van der Waals surface area contributed by atoms with Crippen molar-refractivity contribution in [1.29, 1.82) is 0 Å². The van der Waals surface area contributed by atoms with Gasteiger partial charge in [0.15, 0.2) is 5.82 Å². The Labute approximate surface area is 173 Å². The van der Waals surface area contributed by atoms with E-state index in [1.54, 1.807) is 0 Å². The van der Waals surface area contributed by atoms with Crippen LogP contribution in [0.3, 0.4) is 0 Å². The van der Waals surface area contributed by atoms with Crippen LogP contribution in [-0.4, -0.2) is 47.6 Å². The third-order valence-corrected chi connectivity index (χ3v) is 6.17. The molecule has 4 heteroatoms. The molecule has 1 fully saturated rings. The summed E-state index contributed by atoms with van der Waals surface area (Å²) in [5.74, 6) is 2.07. The van der Waals surface area contributed by atoms with Gasteiger partial charge in [0.1, 0.15) is 5.82 Å². The molecule has 2 aromatic carbocycles. The summed E-state index contributed by atoms with van der Waals surface area (Å²) in [4.78, 5) is 15.0. The molecule has 1 aliphatic carbocycles. The molecule has 0 radical (unpaired) electrons. The Balaban J connectivity index is 1.30. The van der Waals surface area contributed by atoms with Crippen LogP contribution in [-0.2, 0) is 19.3 Å². The number of rotatable bonds is 5. The lowest BCUT2D eigenvalue weighted by Gasteiger charge is -2.36. The van der Waals surface area contributed by atoms with Crippen molar-refractivity contribution in [2.24, 2.45) is 0 Å². The summed E-state index contributed by atoms with van der Waals surface area (Å²) >= 11 is 0. The Morgan fingerprint density at radius 3 is 2.24 bits per heavy atom. The van der Waals surface area contributed by atoms with E-state index in [4.69, 9.17) is 9.97 Å². The average Bonchev–Trinajstić information content (AvgIpc) is 3.28. The van der Waals surface area contributed by atoms with E-state index >= 15 is 0 Å². The minimum Gasteiger partial charge on any atom is -0.354 e. The van der Waals surface area contributed by atoms with E-state index in [1.165, 1.54) is 29.1 Å². The van der Waals surface area contributed by atoms with Gasteiger partial charge in [0.2, 0.25) is 0 Å². The third-order valence-electron chi connectivity index (χ3n) is 6.17. The van der Waals surface area contributed by atoms with Crippen molar-refractivity contribution in [2.75, 3.05) is 37.6 Å². The number of hydrogen-bond donors (Lipinski definition) is 0. The van der Waals surface area contributed by atoms with E-state index in [1.807, 2.05) is 6.07 Å².